The zero-order valence-corrected chi connectivity index (χ0v) is 20.0. The van der Waals surface area contributed by atoms with Crippen molar-refractivity contribution in [3.63, 3.8) is 0 Å². The molecule has 5 nitrogen and oxygen atoms in total. The van der Waals surface area contributed by atoms with E-state index in [0.29, 0.717) is 25.0 Å². The van der Waals surface area contributed by atoms with Crippen LogP contribution in [0.5, 0.6) is 0 Å². The van der Waals surface area contributed by atoms with Crippen molar-refractivity contribution in [2.75, 3.05) is 13.7 Å². The molecule has 0 bridgehead atoms. The van der Waals surface area contributed by atoms with E-state index < -0.39 is 5.92 Å². The Bertz CT molecular complexity index is 1140. The first-order chi connectivity index (χ1) is 14.7. The fourth-order valence-electron chi connectivity index (χ4n) is 4.69. The Morgan fingerprint density at radius 3 is 2.53 bits per heavy atom. The monoisotopic (exact) mass is 463 g/mol. The Morgan fingerprint density at radius 1 is 1.22 bits per heavy atom. The summed E-state index contributed by atoms with van der Waals surface area (Å²) in [7, 11) is 3.41. The Morgan fingerprint density at radius 2 is 1.91 bits per heavy atom. The zero-order chi connectivity index (χ0) is 22.3. The molecule has 0 amide bonds. The highest BCUT2D eigenvalue weighted by Crippen LogP contribution is 2.42. The molecule has 32 heavy (non-hydrogen) atoms. The summed E-state index contributed by atoms with van der Waals surface area (Å²) in [6, 6.07) is 7.96. The van der Waals surface area contributed by atoms with Crippen LogP contribution in [0.3, 0.4) is 0 Å². The number of hydrogen-bond donors (Lipinski definition) is 0. The van der Waals surface area contributed by atoms with E-state index in [2.05, 4.69) is 17.6 Å². The molecule has 1 fully saturated rings. The van der Waals surface area contributed by atoms with Crippen LogP contribution in [-0.4, -0.2) is 33.8 Å². The second-order valence-electron chi connectivity index (χ2n) is 8.81. The first-order valence-electron chi connectivity index (χ1n) is 10.8. The molecule has 1 aliphatic carbocycles. The minimum Gasteiger partial charge on any atom is -0.383 e. The smallest absolute Gasteiger partial charge is 0.253 e. The summed E-state index contributed by atoms with van der Waals surface area (Å²) >= 11 is 0. The molecular formula is C24H31F2N3O2S. The predicted octanol–water partition coefficient (Wildman–Crippen LogP) is 5.32. The van der Waals surface area contributed by atoms with Gasteiger partial charge in [-0.05, 0) is 56.0 Å². The normalized spacial score (nSPS) is 17.3. The van der Waals surface area contributed by atoms with E-state index in [1.54, 1.807) is 18.7 Å². The standard InChI is InChI=1S/C24H29F2N3O2.H2S/c1-15-11-19(13-28(3)23(15)30)18-5-6-20-21(12-18)29(16(2)14-31-4)22(27-20)17-7-9-24(25,26)10-8-17;/h5-6,11-13,16-17H,7-10,14H2,1-4H3;1H2/t16-;/m0./s1. The molecular weight excluding hydrogens is 432 g/mol. The molecule has 0 radical (unpaired) electrons. The number of alkyl halides is 2. The van der Waals surface area contributed by atoms with Crippen molar-refractivity contribution in [2.45, 2.75) is 57.4 Å². The molecule has 0 N–H and O–H groups in total. The minimum atomic E-state index is -2.57. The quantitative estimate of drug-likeness (QED) is 0.514. The highest BCUT2D eigenvalue weighted by Gasteiger charge is 2.37. The largest absolute Gasteiger partial charge is 0.383 e. The van der Waals surface area contributed by atoms with Gasteiger partial charge in [-0.15, -0.1) is 0 Å². The number of ether oxygens (including phenoxy) is 1. The number of nitrogens with zero attached hydrogens (tertiary/aromatic N) is 3. The maximum absolute atomic E-state index is 13.7. The van der Waals surface area contributed by atoms with Gasteiger partial charge in [-0.25, -0.2) is 13.8 Å². The molecule has 8 heteroatoms. The molecule has 2 aromatic heterocycles. The van der Waals surface area contributed by atoms with E-state index in [1.165, 1.54) is 0 Å². The third kappa shape index (κ3) is 4.62. The van der Waals surface area contributed by atoms with Crippen LogP contribution < -0.4 is 5.56 Å². The van der Waals surface area contributed by atoms with Crippen molar-refractivity contribution in [2.24, 2.45) is 7.05 Å². The van der Waals surface area contributed by atoms with Crippen molar-refractivity contribution in [3.8, 4) is 11.1 Å². The number of halogens is 2. The number of methoxy groups -OCH3 is 1. The van der Waals surface area contributed by atoms with Crippen LogP contribution in [0.1, 0.15) is 56.0 Å². The number of aryl methyl sites for hydroxylation is 2. The molecule has 0 aliphatic heterocycles. The van der Waals surface area contributed by atoms with Crippen LogP contribution in [-0.2, 0) is 11.8 Å². The second-order valence-corrected chi connectivity index (χ2v) is 8.81. The molecule has 0 spiro atoms. The number of benzene rings is 1. The molecule has 2 heterocycles. The predicted molar refractivity (Wildman–Crippen MR) is 128 cm³/mol. The average Bonchev–Trinajstić information content (AvgIpc) is 3.10. The van der Waals surface area contributed by atoms with Crippen molar-refractivity contribution < 1.29 is 13.5 Å². The lowest BCUT2D eigenvalue weighted by Gasteiger charge is -2.29. The van der Waals surface area contributed by atoms with Crippen molar-refractivity contribution in [1.82, 2.24) is 14.1 Å². The Balaban J connectivity index is 0.00000289. The zero-order valence-electron chi connectivity index (χ0n) is 19.0. The molecule has 0 saturated heterocycles. The van der Waals surface area contributed by atoms with E-state index in [4.69, 9.17) is 9.72 Å². The van der Waals surface area contributed by atoms with E-state index in [1.807, 2.05) is 31.3 Å². The van der Waals surface area contributed by atoms with E-state index in [-0.39, 0.29) is 43.9 Å². The maximum Gasteiger partial charge on any atom is 0.253 e. The average molecular weight is 464 g/mol. The first kappa shape index (κ1) is 24.5. The van der Waals surface area contributed by atoms with E-state index in [9.17, 15) is 13.6 Å². The van der Waals surface area contributed by atoms with E-state index >= 15 is 0 Å². The molecule has 1 atom stereocenters. The summed E-state index contributed by atoms with van der Waals surface area (Å²) in [4.78, 5) is 17.0. The SMILES string of the molecule is COC[C@H](C)n1c(C2CCC(F)(F)CC2)nc2ccc(-c3cc(C)c(=O)n(C)c3)cc21.S. The van der Waals surface area contributed by atoms with Crippen LogP contribution >= 0.6 is 13.5 Å². The molecule has 1 aliphatic rings. The first-order valence-corrected chi connectivity index (χ1v) is 10.8. The van der Waals surface area contributed by atoms with Crippen LogP contribution in [0, 0.1) is 6.92 Å². The summed E-state index contributed by atoms with van der Waals surface area (Å²) in [5.74, 6) is -1.70. The van der Waals surface area contributed by atoms with Gasteiger partial charge in [0.2, 0.25) is 5.92 Å². The van der Waals surface area contributed by atoms with Gasteiger partial charge in [0.05, 0.1) is 23.7 Å². The van der Waals surface area contributed by atoms with Gasteiger partial charge in [0.25, 0.3) is 5.56 Å². The van der Waals surface area contributed by atoms with Crippen molar-refractivity contribution in [3.05, 3.63) is 52.2 Å². The Kier molecular flexibility index (Phi) is 7.15. The third-order valence-corrected chi connectivity index (χ3v) is 6.34. The fraction of sp³-hybridized carbons (Fsp3) is 0.500. The van der Waals surface area contributed by atoms with Gasteiger partial charge in [0, 0.05) is 44.7 Å². The van der Waals surface area contributed by atoms with Gasteiger partial charge in [-0.1, -0.05) is 6.07 Å². The van der Waals surface area contributed by atoms with Gasteiger partial charge >= 0.3 is 0 Å². The molecule has 174 valence electrons. The number of fused-ring (bicyclic) bond motifs is 1. The second kappa shape index (κ2) is 9.35. The molecule has 4 rings (SSSR count). The van der Waals surface area contributed by atoms with Gasteiger partial charge in [0.15, 0.2) is 0 Å². The lowest BCUT2D eigenvalue weighted by atomic mass is 9.86. The van der Waals surface area contributed by atoms with Gasteiger partial charge in [-0.2, -0.15) is 13.5 Å². The van der Waals surface area contributed by atoms with Crippen LogP contribution in [0.2, 0.25) is 0 Å². The number of rotatable bonds is 5. The lowest BCUT2D eigenvalue weighted by Crippen LogP contribution is -2.26. The van der Waals surface area contributed by atoms with Crippen LogP contribution in [0.25, 0.3) is 22.2 Å². The molecule has 1 aromatic carbocycles. The highest BCUT2D eigenvalue weighted by molar-refractivity contribution is 7.59. The number of imidazole rings is 1. The summed E-state index contributed by atoms with van der Waals surface area (Å²) in [6.45, 7) is 4.38. The molecule has 3 aromatic rings. The summed E-state index contributed by atoms with van der Waals surface area (Å²) in [6.07, 6.45) is 2.51. The minimum absolute atomic E-state index is 0. The maximum atomic E-state index is 13.7. The van der Waals surface area contributed by atoms with Gasteiger partial charge in [-0.3, -0.25) is 4.79 Å². The third-order valence-electron chi connectivity index (χ3n) is 6.34. The lowest BCUT2D eigenvalue weighted by molar-refractivity contribution is -0.0390. The summed E-state index contributed by atoms with van der Waals surface area (Å²) in [5, 5.41) is 0. The molecule has 0 unspecified atom stereocenters. The molecule has 1 saturated carbocycles. The van der Waals surface area contributed by atoms with Crippen molar-refractivity contribution in [1.29, 1.82) is 0 Å². The summed E-state index contributed by atoms with van der Waals surface area (Å²) < 4.78 is 36.6. The number of hydrogen-bond acceptors (Lipinski definition) is 3. The number of aromatic nitrogens is 3. The summed E-state index contributed by atoms with van der Waals surface area (Å²) in [5.41, 5.74) is 4.41. The van der Waals surface area contributed by atoms with Crippen LogP contribution in [0.15, 0.2) is 35.3 Å². The van der Waals surface area contributed by atoms with Gasteiger partial charge < -0.3 is 13.9 Å². The van der Waals surface area contributed by atoms with Crippen molar-refractivity contribution >= 4 is 24.5 Å². The fourth-order valence-corrected chi connectivity index (χ4v) is 4.69. The van der Waals surface area contributed by atoms with Crippen LogP contribution in [0.4, 0.5) is 8.78 Å². The van der Waals surface area contributed by atoms with E-state index in [0.717, 1.165) is 28.0 Å². The Hall–Kier alpha value is -2.19. The number of pyridine rings is 1. The van der Waals surface area contributed by atoms with Gasteiger partial charge in [0.1, 0.15) is 5.82 Å². The highest BCUT2D eigenvalue weighted by atomic mass is 32.1. The topological polar surface area (TPSA) is 49.1 Å². The Labute approximate surface area is 193 Å².